The van der Waals surface area contributed by atoms with Crippen LogP contribution in [0.5, 0.6) is 0 Å². The van der Waals surface area contributed by atoms with Crippen molar-refractivity contribution >= 4 is 114 Å². The van der Waals surface area contributed by atoms with E-state index in [1.54, 1.807) is 0 Å². The van der Waals surface area contributed by atoms with Gasteiger partial charge in [-0.3, -0.25) is 0 Å². The highest BCUT2D eigenvalue weighted by molar-refractivity contribution is 8.00. The zero-order valence-electron chi connectivity index (χ0n) is 36.1. The molecule has 6 heteroatoms. The van der Waals surface area contributed by atoms with Crippen LogP contribution < -0.4 is 42.6 Å². The first-order valence-electron chi connectivity index (χ1n) is 22.5. The summed E-state index contributed by atoms with van der Waals surface area (Å²) >= 11 is 1.98. The van der Waals surface area contributed by atoms with Crippen LogP contribution in [-0.2, 0) is 0 Å². The molecule has 10 aromatic rings. The second-order valence-electron chi connectivity index (χ2n) is 18.3. The van der Waals surface area contributed by atoms with Gasteiger partial charge in [0.1, 0.15) is 0 Å². The Labute approximate surface area is 378 Å². The third kappa shape index (κ3) is 4.76. The molecule has 0 atom stereocenters. The molecule has 9 aromatic carbocycles. The number of hydrogen-bond donors (Lipinski definition) is 0. The molecule has 14 rings (SSSR count). The molecule has 0 saturated heterocycles. The SMILES string of the molecule is Cc1ccc2c(c1)B1c3ccccc3Sc3c1c1c4c(c3-c3cccc5c3c3ccccc3n5-c3ccccc3)N(c3ccccc3C)c3ccc(C)cc3B4c3cc(C)ccc3N21. The van der Waals surface area contributed by atoms with Gasteiger partial charge in [0.05, 0.1) is 16.7 Å². The molecule has 0 radical (unpaired) electrons. The van der Waals surface area contributed by atoms with Crippen molar-refractivity contribution in [1.82, 2.24) is 4.57 Å². The third-order valence-electron chi connectivity index (χ3n) is 14.5. The molecule has 0 aliphatic carbocycles. The Kier molecular flexibility index (Phi) is 7.50. The number of fused-ring (bicyclic) bond motifs is 13. The van der Waals surface area contributed by atoms with Crippen LogP contribution in [0.3, 0.4) is 0 Å². The molecule has 4 aliphatic rings. The smallest absolute Gasteiger partial charge is 0.252 e. The molecule has 300 valence electrons. The average Bonchev–Trinajstić information content (AvgIpc) is 3.66. The summed E-state index contributed by atoms with van der Waals surface area (Å²) in [7, 11) is 0. The summed E-state index contributed by atoms with van der Waals surface area (Å²) in [6.07, 6.45) is 0. The molecular weight excluding hydrogens is 792 g/mol. The van der Waals surface area contributed by atoms with Crippen LogP contribution in [0.15, 0.2) is 186 Å². The van der Waals surface area contributed by atoms with E-state index in [0.717, 1.165) is 5.69 Å². The van der Waals surface area contributed by atoms with E-state index in [9.17, 15) is 0 Å². The van der Waals surface area contributed by atoms with E-state index in [1.807, 2.05) is 11.8 Å². The fourth-order valence-electron chi connectivity index (χ4n) is 12.0. The van der Waals surface area contributed by atoms with E-state index in [4.69, 9.17) is 0 Å². The largest absolute Gasteiger partial charge is 0.312 e. The van der Waals surface area contributed by atoms with Crippen LogP contribution in [0.2, 0.25) is 0 Å². The Balaban J connectivity index is 1.24. The molecule has 4 aliphatic heterocycles. The van der Waals surface area contributed by atoms with E-state index in [-0.39, 0.29) is 13.4 Å². The maximum absolute atomic E-state index is 2.67. The number of benzene rings is 9. The fourth-order valence-corrected chi connectivity index (χ4v) is 13.3. The van der Waals surface area contributed by atoms with Gasteiger partial charge >= 0.3 is 0 Å². The van der Waals surface area contributed by atoms with Crippen molar-refractivity contribution in [1.29, 1.82) is 0 Å². The fraction of sp³-hybridized carbons (Fsp3) is 0.0690. The van der Waals surface area contributed by atoms with Crippen LogP contribution in [0.25, 0.3) is 38.6 Å². The van der Waals surface area contributed by atoms with Crippen molar-refractivity contribution in [2.45, 2.75) is 37.5 Å². The van der Waals surface area contributed by atoms with Gasteiger partial charge in [-0.25, -0.2) is 0 Å². The lowest BCUT2D eigenvalue weighted by atomic mass is 9.29. The van der Waals surface area contributed by atoms with E-state index < -0.39 is 0 Å². The Morgan fingerprint density at radius 2 is 1.02 bits per heavy atom. The molecule has 0 amide bonds. The standard InChI is InChI=1S/C58H41B2N3S/c1-34-26-29-48-42(31-34)59-41-20-10-13-24-51(41)64-58-53(40-19-14-23-50-52(40)39-18-9-12-22-46(39)61(50)38-16-6-5-7-17-38)56-54-57(55(58)59)63(48)49-30-27-36(3)33-44(49)60(54)43-32-35(2)25-28-47(43)62(56)45-21-11-8-15-37(45)4/h5-33H,1-4H3. The molecule has 5 heterocycles. The highest BCUT2D eigenvalue weighted by atomic mass is 32.2. The zero-order chi connectivity index (χ0) is 42.5. The molecule has 0 bridgehead atoms. The summed E-state index contributed by atoms with van der Waals surface area (Å²) in [6.45, 7) is 9.12. The number of aryl methyl sites for hydroxylation is 4. The molecule has 64 heavy (non-hydrogen) atoms. The summed E-state index contributed by atoms with van der Waals surface area (Å²) in [4.78, 5) is 8.01. The normalized spacial score (nSPS) is 13.8. The molecule has 0 saturated carbocycles. The monoisotopic (exact) mass is 833 g/mol. The van der Waals surface area contributed by atoms with Crippen molar-refractivity contribution in [2.75, 3.05) is 9.80 Å². The Bertz CT molecular complexity index is 3680. The maximum atomic E-state index is 2.67. The van der Waals surface area contributed by atoms with Crippen molar-refractivity contribution < 1.29 is 0 Å². The topological polar surface area (TPSA) is 11.4 Å². The lowest BCUT2D eigenvalue weighted by Gasteiger charge is -2.50. The average molecular weight is 834 g/mol. The number of anilines is 6. The lowest BCUT2D eigenvalue weighted by molar-refractivity contribution is 1.18. The third-order valence-corrected chi connectivity index (χ3v) is 15.7. The maximum Gasteiger partial charge on any atom is 0.252 e. The summed E-state index contributed by atoms with van der Waals surface area (Å²) in [5.74, 6) is 0. The quantitative estimate of drug-likeness (QED) is 0.164. The molecule has 0 N–H and O–H groups in total. The zero-order valence-corrected chi connectivity index (χ0v) is 37.0. The van der Waals surface area contributed by atoms with Crippen molar-refractivity contribution in [2.24, 2.45) is 0 Å². The summed E-state index contributed by atoms with van der Waals surface area (Å²) < 4.78 is 2.47. The first kappa shape index (κ1) is 36.4. The van der Waals surface area contributed by atoms with E-state index in [0.29, 0.717) is 0 Å². The highest BCUT2D eigenvalue weighted by Crippen LogP contribution is 2.55. The van der Waals surface area contributed by atoms with Gasteiger partial charge in [0.15, 0.2) is 0 Å². The van der Waals surface area contributed by atoms with Crippen LogP contribution in [0.4, 0.5) is 34.1 Å². The Morgan fingerprint density at radius 3 is 1.72 bits per heavy atom. The summed E-state index contributed by atoms with van der Waals surface area (Å²) in [5, 5.41) is 2.54. The van der Waals surface area contributed by atoms with Crippen molar-refractivity contribution in [3.05, 3.63) is 198 Å². The molecule has 0 unspecified atom stereocenters. The van der Waals surface area contributed by atoms with Gasteiger partial charge in [-0.2, -0.15) is 0 Å². The lowest BCUT2D eigenvalue weighted by Crippen LogP contribution is -2.68. The van der Waals surface area contributed by atoms with E-state index >= 15 is 0 Å². The first-order chi connectivity index (χ1) is 31.4. The number of nitrogens with zero attached hydrogens (tertiary/aromatic N) is 3. The van der Waals surface area contributed by atoms with Gasteiger partial charge < -0.3 is 14.4 Å². The Morgan fingerprint density at radius 1 is 0.438 bits per heavy atom. The minimum absolute atomic E-state index is 0.00931. The summed E-state index contributed by atoms with van der Waals surface area (Å²) in [6, 6.07) is 66.8. The molecule has 0 fully saturated rings. The van der Waals surface area contributed by atoms with Crippen molar-refractivity contribution in [3.8, 4) is 16.8 Å². The van der Waals surface area contributed by atoms with Gasteiger partial charge in [-0.05, 0) is 121 Å². The van der Waals surface area contributed by atoms with Crippen LogP contribution in [-0.4, -0.2) is 18.0 Å². The predicted octanol–water partition coefficient (Wildman–Crippen LogP) is 11.1. The van der Waals surface area contributed by atoms with Gasteiger partial charge in [0.2, 0.25) is 6.71 Å². The summed E-state index contributed by atoms with van der Waals surface area (Å²) in [5.41, 5.74) is 27.2. The predicted molar refractivity (Wildman–Crippen MR) is 274 cm³/mol. The number of rotatable bonds is 3. The molecule has 0 spiro atoms. The van der Waals surface area contributed by atoms with E-state index in [2.05, 4.69) is 218 Å². The first-order valence-corrected chi connectivity index (χ1v) is 23.3. The number of aromatic nitrogens is 1. The number of para-hydroxylation sites is 3. The van der Waals surface area contributed by atoms with Gasteiger partial charge in [-0.15, -0.1) is 0 Å². The van der Waals surface area contributed by atoms with Gasteiger partial charge in [-0.1, -0.05) is 155 Å². The second kappa shape index (κ2) is 13.2. The van der Waals surface area contributed by atoms with Crippen molar-refractivity contribution in [3.63, 3.8) is 0 Å². The van der Waals surface area contributed by atoms with Crippen LogP contribution in [0, 0.1) is 27.7 Å². The van der Waals surface area contributed by atoms with Crippen LogP contribution in [0.1, 0.15) is 22.3 Å². The van der Waals surface area contributed by atoms with Crippen LogP contribution >= 0.6 is 11.8 Å². The molecule has 1 aromatic heterocycles. The van der Waals surface area contributed by atoms with Gasteiger partial charge in [0.25, 0.3) is 6.71 Å². The molecular formula is C58H41B2N3S. The second-order valence-corrected chi connectivity index (χ2v) is 19.3. The van der Waals surface area contributed by atoms with Gasteiger partial charge in [0, 0.05) is 60.3 Å². The minimum Gasteiger partial charge on any atom is -0.312 e. The number of hydrogen-bond acceptors (Lipinski definition) is 3. The highest BCUT2D eigenvalue weighted by Gasteiger charge is 2.52. The van der Waals surface area contributed by atoms with E-state index in [1.165, 1.54) is 132 Å². The molecule has 3 nitrogen and oxygen atoms in total. The Hall–Kier alpha value is -7.14. The minimum atomic E-state index is 0.00931.